The van der Waals surface area contributed by atoms with Crippen LogP contribution in [0.1, 0.15) is 39.8 Å². The summed E-state index contributed by atoms with van der Waals surface area (Å²) in [5, 5.41) is 4.24. The molecule has 1 aromatic carbocycles. The molecule has 2 aromatic heterocycles. The van der Waals surface area contributed by atoms with E-state index in [2.05, 4.69) is 15.1 Å². The van der Waals surface area contributed by atoms with E-state index in [4.69, 9.17) is 9.47 Å². The molecule has 25 heavy (non-hydrogen) atoms. The van der Waals surface area contributed by atoms with Crippen LogP contribution in [-0.2, 0) is 6.42 Å². The Morgan fingerprint density at radius 3 is 2.76 bits per heavy atom. The molecule has 0 fully saturated rings. The first-order chi connectivity index (χ1) is 12.1. The van der Waals surface area contributed by atoms with Gasteiger partial charge in [0.1, 0.15) is 17.3 Å². The standard InChI is InChI=1S/C18H18N4O3/c1-10-19-18-20-15-6-11(7-16(23)14(15)9-22(18)21-10)13-5-4-12(24-2)8-17(13)25-3/h4-5,8-9,11H,6-7H2,1-3H3/t11-/m0/s1. The van der Waals surface area contributed by atoms with Gasteiger partial charge in [-0.25, -0.2) is 9.50 Å². The summed E-state index contributed by atoms with van der Waals surface area (Å²) in [6.07, 6.45) is 2.81. The van der Waals surface area contributed by atoms with Gasteiger partial charge >= 0.3 is 0 Å². The zero-order valence-corrected chi connectivity index (χ0v) is 14.3. The van der Waals surface area contributed by atoms with Crippen LogP contribution in [0.2, 0.25) is 0 Å². The fraction of sp³-hybridized carbons (Fsp3) is 0.333. The summed E-state index contributed by atoms with van der Waals surface area (Å²) in [7, 11) is 3.24. The predicted octanol–water partition coefficient (Wildman–Crippen LogP) is 2.36. The second-order valence-corrected chi connectivity index (χ2v) is 6.14. The molecule has 4 rings (SSSR count). The van der Waals surface area contributed by atoms with Crippen LogP contribution in [0.5, 0.6) is 11.5 Å². The van der Waals surface area contributed by atoms with E-state index in [0.717, 1.165) is 22.8 Å². The van der Waals surface area contributed by atoms with Crippen molar-refractivity contribution in [3.05, 3.63) is 47.0 Å². The maximum absolute atomic E-state index is 12.7. The van der Waals surface area contributed by atoms with Gasteiger partial charge < -0.3 is 9.47 Å². The third kappa shape index (κ3) is 2.61. The van der Waals surface area contributed by atoms with Crippen LogP contribution in [-0.4, -0.2) is 39.6 Å². The third-order valence-corrected chi connectivity index (χ3v) is 4.57. The van der Waals surface area contributed by atoms with E-state index in [0.29, 0.717) is 30.0 Å². The number of carbonyl (C=O) groups excluding carboxylic acids is 1. The van der Waals surface area contributed by atoms with Gasteiger partial charge in [0.05, 0.1) is 25.5 Å². The smallest absolute Gasteiger partial charge is 0.252 e. The topological polar surface area (TPSA) is 78.6 Å². The average molecular weight is 338 g/mol. The van der Waals surface area contributed by atoms with E-state index < -0.39 is 0 Å². The van der Waals surface area contributed by atoms with Crippen LogP contribution in [0.15, 0.2) is 24.4 Å². The summed E-state index contributed by atoms with van der Waals surface area (Å²) >= 11 is 0. The van der Waals surface area contributed by atoms with Gasteiger partial charge in [-0.05, 0) is 25.0 Å². The Morgan fingerprint density at radius 2 is 2.00 bits per heavy atom. The van der Waals surface area contributed by atoms with Crippen LogP contribution in [0.25, 0.3) is 5.78 Å². The fourth-order valence-electron chi connectivity index (χ4n) is 3.36. The van der Waals surface area contributed by atoms with E-state index in [-0.39, 0.29) is 11.7 Å². The molecule has 0 aliphatic heterocycles. The minimum atomic E-state index is 0.0137. The molecule has 1 aliphatic rings. The second kappa shape index (κ2) is 5.84. The molecule has 0 unspecified atom stereocenters. The van der Waals surface area contributed by atoms with Crippen molar-refractivity contribution in [1.82, 2.24) is 19.6 Å². The number of rotatable bonds is 3. The molecule has 0 radical (unpaired) electrons. The Bertz CT molecular complexity index is 980. The van der Waals surface area contributed by atoms with Gasteiger partial charge in [-0.3, -0.25) is 4.79 Å². The molecular weight excluding hydrogens is 320 g/mol. The van der Waals surface area contributed by atoms with Crippen molar-refractivity contribution < 1.29 is 14.3 Å². The summed E-state index contributed by atoms with van der Waals surface area (Å²) in [6, 6.07) is 5.69. The SMILES string of the molecule is COc1ccc([C@@H]2CC(=O)c3cn4nc(C)nc4nc3C2)c(OC)c1. The van der Waals surface area contributed by atoms with Crippen molar-refractivity contribution in [3.63, 3.8) is 0 Å². The molecule has 3 aromatic rings. The maximum atomic E-state index is 12.7. The highest BCUT2D eigenvalue weighted by molar-refractivity contribution is 5.98. The maximum Gasteiger partial charge on any atom is 0.252 e. The number of aryl methyl sites for hydroxylation is 1. The number of carbonyl (C=O) groups is 1. The van der Waals surface area contributed by atoms with Gasteiger partial charge in [0, 0.05) is 24.6 Å². The quantitative estimate of drug-likeness (QED) is 0.729. The molecule has 7 heteroatoms. The molecule has 1 aliphatic carbocycles. The van der Waals surface area contributed by atoms with Crippen LogP contribution in [0, 0.1) is 6.92 Å². The van der Waals surface area contributed by atoms with Crippen molar-refractivity contribution in [1.29, 1.82) is 0 Å². The number of hydrogen-bond acceptors (Lipinski definition) is 6. The van der Waals surface area contributed by atoms with Gasteiger partial charge in [0.2, 0.25) is 0 Å². The molecular formula is C18H18N4O3. The molecule has 0 spiro atoms. The number of fused-ring (bicyclic) bond motifs is 2. The Kier molecular flexibility index (Phi) is 3.63. The van der Waals surface area contributed by atoms with Gasteiger partial charge in [-0.2, -0.15) is 10.1 Å². The first kappa shape index (κ1) is 15.6. The Balaban J connectivity index is 1.76. The number of methoxy groups -OCH3 is 2. The number of Topliss-reactive ketones (excluding diaryl/α,β-unsaturated/α-hetero) is 1. The van der Waals surface area contributed by atoms with Crippen LogP contribution in [0.3, 0.4) is 0 Å². The van der Waals surface area contributed by atoms with Crippen molar-refractivity contribution in [3.8, 4) is 11.5 Å². The number of benzene rings is 1. The predicted molar refractivity (Wildman–Crippen MR) is 90.5 cm³/mol. The first-order valence-corrected chi connectivity index (χ1v) is 8.07. The lowest BCUT2D eigenvalue weighted by molar-refractivity contribution is 0.0962. The fourth-order valence-corrected chi connectivity index (χ4v) is 3.36. The minimum absolute atomic E-state index is 0.0137. The molecule has 0 N–H and O–H groups in total. The van der Waals surface area contributed by atoms with Crippen molar-refractivity contribution in [2.75, 3.05) is 14.2 Å². The lowest BCUT2D eigenvalue weighted by Gasteiger charge is -2.24. The lowest BCUT2D eigenvalue weighted by atomic mass is 9.82. The van der Waals surface area contributed by atoms with Gasteiger partial charge in [-0.15, -0.1) is 0 Å². The van der Waals surface area contributed by atoms with Crippen molar-refractivity contribution in [2.45, 2.75) is 25.7 Å². The number of ether oxygens (including phenoxy) is 2. The molecule has 0 bridgehead atoms. The monoisotopic (exact) mass is 338 g/mol. The van der Waals surface area contributed by atoms with E-state index in [1.165, 1.54) is 0 Å². The Morgan fingerprint density at radius 1 is 1.16 bits per heavy atom. The van der Waals surface area contributed by atoms with E-state index in [9.17, 15) is 4.79 Å². The summed E-state index contributed by atoms with van der Waals surface area (Å²) in [5.41, 5.74) is 2.38. The molecule has 0 saturated heterocycles. The number of hydrogen-bond donors (Lipinski definition) is 0. The molecule has 1 atom stereocenters. The van der Waals surface area contributed by atoms with Crippen molar-refractivity contribution >= 4 is 11.6 Å². The summed E-state index contributed by atoms with van der Waals surface area (Å²) in [4.78, 5) is 21.5. The van der Waals surface area contributed by atoms with Crippen LogP contribution >= 0.6 is 0 Å². The highest BCUT2D eigenvalue weighted by Crippen LogP contribution is 2.38. The molecule has 128 valence electrons. The van der Waals surface area contributed by atoms with E-state index in [1.54, 1.807) is 31.9 Å². The zero-order chi connectivity index (χ0) is 17.6. The second-order valence-electron chi connectivity index (χ2n) is 6.14. The number of nitrogens with zero attached hydrogens (tertiary/aromatic N) is 4. The van der Waals surface area contributed by atoms with Crippen LogP contribution in [0.4, 0.5) is 0 Å². The summed E-state index contributed by atoms with van der Waals surface area (Å²) < 4.78 is 12.3. The van der Waals surface area contributed by atoms with Crippen molar-refractivity contribution in [2.24, 2.45) is 0 Å². The first-order valence-electron chi connectivity index (χ1n) is 8.07. The van der Waals surface area contributed by atoms with Gasteiger partial charge in [0.15, 0.2) is 5.78 Å². The normalized spacial score (nSPS) is 16.8. The van der Waals surface area contributed by atoms with Crippen LogP contribution < -0.4 is 9.47 Å². The molecule has 0 amide bonds. The van der Waals surface area contributed by atoms with Gasteiger partial charge in [0.25, 0.3) is 5.78 Å². The summed E-state index contributed by atoms with van der Waals surface area (Å²) in [5.74, 6) is 2.68. The number of ketones is 1. The average Bonchev–Trinajstić information content (AvgIpc) is 2.98. The summed E-state index contributed by atoms with van der Waals surface area (Å²) in [6.45, 7) is 1.81. The number of aromatic nitrogens is 4. The third-order valence-electron chi connectivity index (χ3n) is 4.57. The molecule has 2 heterocycles. The Hall–Kier alpha value is -2.96. The minimum Gasteiger partial charge on any atom is -0.497 e. The Labute approximate surface area is 144 Å². The zero-order valence-electron chi connectivity index (χ0n) is 14.3. The molecule has 7 nitrogen and oxygen atoms in total. The highest BCUT2D eigenvalue weighted by Gasteiger charge is 2.30. The molecule has 0 saturated carbocycles. The van der Waals surface area contributed by atoms with Gasteiger partial charge in [-0.1, -0.05) is 6.07 Å². The van der Waals surface area contributed by atoms with E-state index in [1.807, 2.05) is 18.2 Å². The van der Waals surface area contributed by atoms with E-state index >= 15 is 0 Å². The lowest BCUT2D eigenvalue weighted by Crippen LogP contribution is -2.21. The highest BCUT2D eigenvalue weighted by atomic mass is 16.5. The largest absolute Gasteiger partial charge is 0.497 e.